The number of aromatic nitrogens is 2. The molecule has 1 aliphatic heterocycles. The van der Waals surface area contributed by atoms with Crippen LogP contribution < -0.4 is 5.32 Å². The fourth-order valence-corrected chi connectivity index (χ4v) is 5.39. The maximum atomic E-state index is 13.1. The molecule has 1 aromatic rings. The molecule has 2 aliphatic carbocycles. The molecule has 196 valence electrons. The monoisotopic (exact) mass is 499 g/mol. The molecule has 0 spiro atoms. The Morgan fingerprint density at radius 3 is 2.76 bits per heavy atom. The van der Waals surface area contributed by atoms with Gasteiger partial charge in [-0.25, -0.2) is 4.68 Å². The number of anilines is 1. The van der Waals surface area contributed by atoms with Gasteiger partial charge in [0, 0.05) is 49.9 Å². The van der Waals surface area contributed by atoms with Crippen LogP contribution in [-0.4, -0.2) is 59.7 Å². The summed E-state index contributed by atoms with van der Waals surface area (Å²) >= 11 is 0. The number of allylic oxidation sites excluding steroid dienone is 12. The van der Waals surface area contributed by atoms with Crippen molar-refractivity contribution < 1.29 is 4.79 Å². The van der Waals surface area contributed by atoms with Gasteiger partial charge in [-0.3, -0.25) is 4.79 Å². The molecule has 0 saturated heterocycles. The van der Waals surface area contributed by atoms with E-state index < -0.39 is 0 Å². The van der Waals surface area contributed by atoms with Crippen molar-refractivity contribution in [2.75, 3.05) is 39.5 Å². The molecule has 6 nitrogen and oxygen atoms in total. The van der Waals surface area contributed by atoms with Crippen molar-refractivity contribution in [3.63, 3.8) is 0 Å². The Morgan fingerprint density at radius 2 is 2.03 bits per heavy atom. The second-order valence-electron chi connectivity index (χ2n) is 10.8. The standard InChI is InChI=1S/C31H41N5O/c1-21-12-14-26(17-22(2)16-21)30-29(31-32-18-25(19-34(5)6)20-36(31)33-30)24(4)13-15-28(37)35(7)27-11-9-8-10-23(27)3/h8,10,12-17,21,25,32H,4,9,11,18-20H2,1-3,5-7H3/b15-13-. The van der Waals surface area contributed by atoms with Crippen LogP contribution >= 0.6 is 0 Å². The van der Waals surface area contributed by atoms with E-state index in [2.05, 4.69) is 92.8 Å². The zero-order chi connectivity index (χ0) is 26.7. The first-order valence-electron chi connectivity index (χ1n) is 13.2. The van der Waals surface area contributed by atoms with E-state index in [-0.39, 0.29) is 5.91 Å². The van der Waals surface area contributed by atoms with Gasteiger partial charge in [0.1, 0.15) is 11.5 Å². The SMILES string of the molecule is C=C(/C=C\C(=O)N(C)C1=C(C)C=CCC1)c1c(C2=CC(C)=CC(C)C=C2)nn2c1NCC(CN(C)C)C2. The summed E-state index contributed by atoms with van der Waals surface area (Å²) in [5.74, 6) is 1.75. The molecule has 2 heterocycles. The summed E-state index contributed by atoms with van der Waals surface area (Å²) in [6.07, 6.45) is 18.4. The summed E-state index contributed by atoms with van der Waals surface area (Å²) in [6, 6.07) is 0. The normalized spacial score (nSPS) is 21.5. The van der Waals surface area contributed by atoms with Crippen LogP contribution in [0.4, 0.5) is 5.82 Å². The van der Waals surface area contributed by atoms with Gasteiger partial charge in [0.15, 0.2) is 0 Å². The number of rotatable bonds is 7. The van der Waals surface area contributed by atoms with E-state index in [1.807, 2.05) is 13.1 Å². The summed E-state index contributed by atoms with van der Waals surface area (Å²) in [4.78, 5) is 17.1. The van der Waals surface area contributed by atoms with Gasteiger partial charge in [0.05, 0.1) is 5.56 Å². The lowest BCUT2D eigenvalue weighted by Gasteiger charge is -2.27. The molecule has 1 amide bonds. The topological polar surface area (TPSA) is 53.4 Å². The van der Waals surface area contributed by atoms with E-state index in [0.29, 0.717) is 11.8 Å². The summed E-state index contributed by atoms with van der Waals surface area (Å²) in [7, 11) is 6.06. The van der Waals surface area contributed by atoms with Crippen LogP contribution in [0.3, 0.4) is 0 Å². The molecule has 37 heavy (non-hydrogen) atoms. The Kier molecular flexibility index (Phi) is 8.18. The van der Waals surface area contributed by atoms with Gasteiger partial charge in [-0.1, -0.05) is 55.5 Å². The Labute approximate surface area is 222 Å². The Balaban J connectivity index is 1.67. The third-order valence-electron chi connectivity index (χ3n) is 7.18. The largest absolute Gasteiger partial charge is 0.369 e. The van der Waals surface area contributed by atoms with Crippen LogP contribution in [-0.2, 0) is 11.3 Å². The molecule has 2 unspecified atom stereocenters. The third-order valence-corrected chi connectivity index (χ3v) is 7.18. The van der Waals surface area contributed by atoms with Gasteiger partial charge >= 0.3 is 0 Å². The van der Waals surface area contributed by atoms with E-state index in [1.54, 1.807) is 11.0 Å². The molecule has 4 rings (SSSR count). The number of fused-ring (bicyclic) bond motifs is 1. The highest BCUT2D eigenvalue weighted by atomic mass is 16.2. The van der Waals surface area contributed by atoms with E-state index in [0.717, 1.165) is 72.0 Å². The van der Waals surface area contributed by atoms with Gasteiger partial charge in [-0.15, -0.1) is 0 Å². The molecule has 0 aromatic carbocycles. The average Bonchev–Trinajstić information content (AvgIpc) is 3.13. The smallest absolute Gasteiger partial charge is 0.250 e. The fourth-order valence-electron chi connectivity index (χ4n) is 5.39. The predicted octanol–water partition coefficient (Wildman–Crippen LogP) is 5.67. The molecule has 3 aliphatic rings. The van der Waals surface area contributed by atoms with Crippen LogP contribution in [0.15, 0.2) is 72.0 Å². The van der Waals surface area contributed by atoms with Crippen molar-refractivity contribution >= 4 is 22.9 Å². The number of hydrogen-bond donors (Lipinski definition) is 1. The first-order valence-corrected chi connectivity index (χ1v) is 13.2. The molecular weight excluding hydrogens is 458 g/mol. The number of likely N-dealkylation sites (N-methyl/N-ethyl adjacent to an activating group) is 1. The lowest BCUT2D eigenvalue weighted by atomic mass is 9.99. The van der Waals surface area contributed by atoms with E-state index in [9.17, 15) is 4.79 Å². The number of carbonyl (C=O) groups is 1. The molecule has 6 heteroatoms. The van der Waals surface area contributed by atoms with Crippen molar-refractivity contribution in [1.29, 1.82) is 0 Å². The maximum absolute atomic E-state index is 13.1. The lowest BCUT2D eigenvalue weighted by molar-refractivity contribution is -0.123. The Morgan fingerprint density at radius 1 is 1.24 bits per heavy atom. The van der Waals surface area contributed by atoms with Crippen LogP contribution in [0.25, 0.3) is 11.1 Å². The molecule has 0 radical (unpaired) electrons. The molecule has 1 N–H and O–H groups in total. The van der Waals surface area contributed by atoms with E-state index >= 15 is 0 Å². The van der Waals surface area contributed by atoms with Crippen LogP contribution in [0.1, 0.15) is 44.9 Å². The van der Waals surface area contributed by atoms with Crippen LogP contribution in [0, 0.1) is 11.8 Å². The van der Waals surface area contributed by atoms with Crippen molar-refractivity contribution in [3.8, 4) is 0 Å². The fraction of sp³-hybridized carbons (Fsp3) is 0.419. The number of nitrogens with one attached hydrogen (secondary N) is 1. The van der Waals surface area contributed by atoms with Crippen molar-refractivity contribution in [2.45, 2.75) is 40.2 Å². The minimum atomic E-state index is -0.0476. The predicted molar refractivity (Wildman–Crippen MR) is 155 cm³/mol. The molecule has 0 fully saturated rings. The number of carbonyl (C=O) groups excluding carboxylic acids is 1. The molecule has 1 aromatic heterocycles. The van der Waals surface area contributed by atoms with Gasteiger partial charge < -0.3 is 15.1 Å². The lowest BCUT2D eigenvalue weighted by Crippen LogP contribution is -2.35. The van der Waals surface area contributed by atoms with Crippen molar-refractivity contribution in [3.05, 3.63) is 83.3 Å². The summed E-state index contributed by atoms with van der Waals surface area (Å²) in [6.45, 7) is 13.5. The quantitative estimate of drug-likeness (QED) is 0.388. The minimum absolute atomic E-state index is 0.0476. The zero-order valence-electron chi connectivity index (χ0n) is 23.2. The summed E-state index contributed by atoms with van der Waals surface area (Å²) in [5, 5.41) is 8.72. The number of nitrogens with zero attached hydrogens (tertiary/aromatic N) is 4. The van der Waals surface area contributed by atoms with Crippen molar-refractivity contribution in [2.24, 2.45) is 11.8 Å². The highest BCUT2D eigenvalue weighted by molar-refractivity contribution is 5.95. The molecule has 0 bridgehead atoms. The number of amides is 1. The summed E-state index contributed by atoms with van der Waals surface area (Å²) in [5.41, 5.74) is 7.13. The minimum Gasteiger partial charge on any atom is -0.369 e. The van der Waals surface area contributed by atoms with E-state index in [4.69, 9.17) is 5.10 Å². The van der Waals surface area contributed by atoms with Crippen LogP contribution in [0.2, 0.25) is 0 Å². The van der Waals surface area contributed by atoms with Gasteiger partial charge in [0.25, 0.3) is 0 Å². The van der Waals surface area contributed by atoms with Gasteiger partial charge in [-0.2, -0.15) is 5.10 Å². The second-order valence-corrected chi connectivity index (χ2v) is 10.8. The summed E-state index contributed by atoms with van der Waals surface area (Å²) < 4.78 is 2.08. The number of hydrogen-bond acceptors (Lipinski definition) is 4. The Hall–Kier alpha value is -3.38. The van der Waals surface area contributed by atoms with Gasteiger partial charge in [-0.05, 0) is 63.9 Å². The highest BCUT2D eigenvalue weighted by Gasteiger charge is 2.27. The Bertz CT molecular complexity index is 1250. The molecular formula is C31H41N5O. The average molecular weight is 500 g/mol. The maximum Gasteiger partial charge on any atom is 0.250 e. The third kappa shape index (κ3) is 6.13. The second kappa shape index (κ2) is 11.3. The zero-order valence-corrected chi connectivity index (χ0v) is 23.2. The molecule has 2 atom stereocenters. The first-order chi connectivity index (χ1) is 17.6. The first kappa shape index (κ1) is 26.7. The van der Waals surface area contributed by atoms with Crippen LogP contribution in [0.5, 0.6) is 0 Å². The van der Waals surface area contributed by atoms with Crippen molar-refractivity contribution in [1.82, 2.24) is 19.6 Å². The van der Waals surface area contributed by atoms with Gasteiger partial charge in [0.2, 0.25) is 5.91 Å². The highest BCUT2D eigenvalue weighted by Crippen LogP contribution is 2.36. The molecule has 0 saturated carbocycles. The van der Waals surface area contributed by atoms with E-state index in [1.165, 1.54) is 5.57 Å².